The molecule has 0 bridgehead atoms. The summed E-state index contributed by atoms with van der Waals surface area (Å²) in [4.78, 5) is 0. The normalized spacial score (nSPS) is 10.9. The fourth-order valence-electron chi connectivity index (χ4n) is 1.69. The largest absolute Gasteiger partial charge is 0.495 e. The van der Waals surface area contributed by atoms with Crippen LogP contribution in [0.5, 0.6) is 5.75 Å². The second-order valence-corrected chi connectivity index (χ2v) is 3.36. The molecule has 0 N–H and O–H groups in total. The number of hydrogen-bond acceptors (Lipinski definition) is 1. The third kappa shape index (κ3) is 1.09. The lowest BCUT2D eigenvalue weighted by Gasteiger charge is -2.05. The molecule has 0 saturated heterocycles. The first-order chi connectivity index (χ1) is 6.65. The summed E-state index contributed by atoms with van der Waals surface area (Å²) in [6, 6.07) is 4.91. The van der Waals surface area contributed by atoms with Crippen molar-refractivity contribution in [3.63, 3.8) is 0 Å². The molecule has 3 heteroatoms. The van der Waals surface area contributed by atoms with Gasteiger partial charge in [-0.25, -0.2) is 4.39 Å². The topological polar surface area (TPSA) is 14.2 Å². The summed E-state index contributed by atoms with van der Waals surface area (Å²) in [5.41, 5.74) is 1.83. The van der Waals surface area contributed by atoms with Gasteiger partial charge >= 0.3 is 0 Å². The van der Waals surface area contributed by atoms with Gasteiger partial charge in [0, 0.05) is 18.1 Å². The maximum atomic E-state index is 13.4. The number of hydrogen-bond donors (Lipinski definition) is 0. The summed E-state index contributed by atoms with van der Waals surface area (Å²) in [7, 11) is 3.49. The first-order valence-electron chi connectivity index (χ1n) is 4.43. The minimum atomic E-state index is -0.204. The second-order valence-electron chi connectivity index (χ2n) is 3.36. The molecule has 2 rings (SSSR count). The number of benzene rings is 1. The average Bonchev–Trinajstić information content (AvgIpc) is 2.47. The zero-order valence-electron chi connectivity index (χ0n) is 8.47. The van der Waals surface area contributed by atoms with E-state index < -0.39 is 0 Å². The molecule has 2 nitrogen and oxygen atoms in total. The number of ether oxygens (including phenoxy) is 1. The summed E-state index contributed by atoms with van der Waals surface area (Å²) in [5.74, 6) is 0.501. The molecule has 0 unspecified atom stereocenters. The van der Waals surface area contributed by atoms with Gasteiger partial charge in [-0.3, -0.25) is 0 Å². The van der Waals surface area contributed by atoms with Crippen LogP contribution in [0.25, 0.3) is 10.9 Å². The lowest BCUT2D eigenvalue weighted by molar-refractivity contribution is 0.417. The number of aromatic nitrogens is 1. The average molecular weight is 193 g/mol. The van der Waals surface area contributed by atoms with E-state index in [0.29, 0.717) is 11.1 Å². The van der Waals surface area contributed by atoms with Gasteiger partial charge in [0.2, 0.25) is 0 Å². The number of fused-ring (bicyclic) bond motifs is 1. The van der Waals surface area contributed by atoms with E-state index in [1.165, 1.54) is 6.07 Å². The van der Waals surface area contributed by atoms with Gasteiger partial charge in [0.15, 0.2) is 0 Å². The van der Waals surface area contributed by atoms with Crippen molar-refractivity contribution in [1.82, 2.24) is 4.57 Å². The molecule has 0 aliphatic carbocycles. The molecular weight excluding hydrogens is 181 g/mol. The number of halogens is 1. The highest BCUT2D eigenvalue weighted by Gasteiger charge is 2.11. The Morgan fingerprint density at radius 1 is 1.36 bits per heavy atom. The highest BCUT2D eigenvalue weighted by molar-refractivity contribution is 5.87. The summed E-state index contributed by atoms with van der Waals surface area (Å²) in [6.07, 6.45) is 0. The molecule has 0 aliphatic heterocycles. The summed E-state index contributed by atoms with van der Waals surface area (Å²) >= 11 is 0. The summed E-state index contributed by atoms with van der Waals surface area (Å²) in [5, 5.41) is 0.615. The van der Waals surface area contributed by atoms with Gasteiger partial charge in [-0.15, -0.1) is 0 Å². The van der Waals surface area contributed by atoms with Crippen LogP contribution in [0.1, 0.15) is 5.69 Å². The van der Waals surface area contributed by atoms with Gasteiger partial charge in [0.25, 0.3) is 0 Å². The lowest BCUT2D eigenvalue weighted by atomic mass is 10.2. The number of aryl methyl sites for hydroxylation is 2. The van der Waals surface area contributed by atoms with Crippen LogP contribution in [0.3, 0.4) is 0 Å². The summed E-state index contributed by atoms with van der Waals surface area (Å²) in [6.45, 7) is 1.94. The molecule has 2 aromatic rings. The second kappa shape index (κ2) is 3.01. The molecule has 0 fully saturated rings. The zero-order chi connectivity index (χ0) is 10.3. The van der Waals surface area contributed by atoms with Gasteiger partial charge < -0.3 is 9.30 Å². The maximum absolute atomic E-state index is 13.4. The molecule has 14 heavy (non-hydrogen) atoms. The Balaban J connectivity index is 2.92. The van der Waals surface area contributed by atoms with Crippen LogP contribution in [-0.4, -0.2) is 11.7 Å². The van der Waals surface area contributed by atoms with Crippen LogP contribution in [0, 0.1) is 12.7 Å². The standard InChI is InChI=1S/C11H12FNO/c1-7-6-8-9(12)4-5-10(14-3)11(8)13(7)2/h4-6H,1-3H3. The first kappa shape index (κ1) is 9.06. The predicted molar refractivity (Wildman–Crippen MR) is 54.2 cm³/mol. The number of methoxy groups -OCH3 is 1. The van der Waals surface area contributed by atoms with Crippen LogP contribution >= 0.6 is 0 Å². The molecule has 1 heterocycles. The SMILES string of the molecule is COc1ccc(F)c2cc(C)n(C)c12. The Bertz CT molecular complexity index is 487. The minimum absolute atomic E-state index is 0.204. The number of nitrogens with zero attached hydrogens (tertiary/aromatic N) is 1. The molecular formula is C11H12FNO. The van der Waals surface area contributed by atoms with Crippen molar-refractivity contribution in [2.75, 3.05) is 7.11 Å². The highest BCUT2D eigenvalue weighted by atomic mass is 19.1. The van der Waals surface area contributed by atoms with Crippen LogP contribution in [0.4, 0.5) is 4.39 Å². The van der Waals surface area contributed by atoms with Crippen molar-refractivity contribution < 1.29 is 9.13 Å². The van der Waals surface area contributed by atoms with E-state index in [1.54, 1.807) is 13.2 Å². The minimum Gasteiger partial charge on any atom is -0.495 e. The highest BCUT2D eigenvalue weighted by Crippen LogP contribution is 2.29. The Morgan fingerprint density at radius 2 is 2.07 bits per heavy atom. The van der Waals surface area contributed by atoms with Gasteiger partial charge in [0.05, 0.1) is 12.6 Å². The molecule has 0 saturated carbocycles. The van der Waals surface area contributed by atoms with Gasteiger partial charge in [-0.1, -0.05) is 0 Å². The van der Waals surface area contributed by atoms with Gasteiger partial charge in [0.1, 0.15) is 11.6 Å². The first-order valence-corrected chi connectivity index (χ1v) is 4.43. The molecule has 0 aliphatic rings. The van der Waals surface area contributed by atoms with Crippen molar-refractivity contribution in [1.29, 1.82) is 0 Å². The Morgan fingerprint density at radius 3 is 2.71 bits per heavy atom. The Hall–Kier alpha value is -1.51. The fourth-order valence-corrected chi connectivity index (χ4v) is 1.69. The van der Waals surface area contributed by atoms with E-state index in [1.807, 2.05) is 24.6 Å². The predicted octanol–water partition coefficient (Wildman–Crippen LogP) is 2.63. The van der Waals surface area contributed by atoms with E-state index in [9.17, 15) is 4.39 Å². The van der Waals surface area contributed by atoms with E-state index in [2.05, 4.69) is 0 Å². The van der Waals surface area contributed by atoms with Crippen molar-refractivity contribution >= 4 is 10.9 Å². The van der Waals surface area contributed by atoms with Crippen LogP contribution in [0.15, 0.2) is 18.2 Å². The Kier molecular flexibility index (Phi) is 1.95. The van der Waals surface area contributed by atoms with E-state index in [4.69, 9.17) is 4.74 Å². The van der Waals surface area contributed by atoms with E-state index in [-0.39, 0.29) is 5.82 Å². The zero-order valence-corrected chi connectivity index (χ0v) is 8.47. The Labute approximate surface area is 81.9 Å². The van der Waals surface area contributed by atoms with Crippen LogP contribution in [0.2, 0.25) is 0 Å². The van der Waals surface area contributed by atoms with Crippen molar-refractivity contribution in [2.24, 2.45) is 7.05 Å². The van der Waals surface area contributed by atoms with Crippen molar-refractivity contribution in [2.45, 2.75) is 6.92 Å². The van der Waals surface area contributed by atoms with Gasteiger partial charge in [-0.05, 0) is 25.1 Å². The molecule has 74 valence electrons. The molecule has 0 atom stereocenters. The monoisotopic (exact) mass is 193 g/mol. The third-order valence-electron chi connectivity index (χ3n) is 2.56. The molecule has 1 aromatic heterocycles. The van der Waals surface area contributed by atoms with Crippen LogP contribution < -0.4 is 4.74 Å². The van der Waals surface area contributed by atoms with E-state index >= 15 is 0 Å². The lowest BCUT2D eigenvalue weighted by Crippen LogP contribution is -1.93. The molecule has 0 radical (unpaired) electrons. The smallest absolute Gasteiger partial charge is 0.143 e. The maximum Gasteiger partial charge on any atom is 0.143 e. The van der Waals surface area contributed by atoms with Crippen molar-refractivity contribution in [3.8, 4) is 5.75 Å². The van der Waals surface area contributed by atoms with Crippen LogP contribution in [-0.2, 0) is 7.05 Å². The summed E-state index contributed by atoms with van der Waals surface area (Å²) < 4.78 is 20.5. The third-order valence-corrected chi connectivity index (χ3v) is 2.56. The molecule has 0 amide bonds. The molecule has 0 spiro atoms. The quantitative estimate of drug-likeness (QED) is 0.679. The van der Waals surface area contributed by atoms with Crippen molar-refractivity contribution in [3.05, 3.63) is 29.7 Å². The van der Waals surface area contributed by atoms with Gasteiger partial charge in [-0.2, -0.15) is 0 Å². The molecule has 1 aromatic carbocycles. The number of rotatable bonds is 1. The van der Waals surface area contributed by atoms with E-state index in [0.717, 1.165) is 11.2 Å². The fraction of sp³-hybridized carbons (Fsp3) is 0.273.